The van der Waals surface area contributed by atoms with Gasteiger partial charge in [0.25, 0.3) is 0 Å². The first-order valence-corrected chi connectivity index (χ1v) is 31.0. The Labute approximate surface area is 469 Å². The predicted molar refractivity (Wildman–Crippen MR) is 328 cm³/mol. The molecule has 4 unspecified atom stereocenters. The van der Waals surface area contributed by atoms with E-state index in [1.165, 1.54) is 192 Å². The largest absolute Gasteiger partial charge is 0.322 e. The average molecular weight is 1040 g/mol. The fraction of sp³-hybridized carbons (Fsp3) is 0.667. The summed E-state index contributed by atoms with van der Waals surface area (Å²) >= 11 is 0. The highest BCUT2D eigenvalue weighted by molar-refractivity contribution is 5.26. The van der Waals surface area contributed by atoms with Crippen LogP contribution in [-0.2, 0) is 51.9 Å². The van der Waals surface area contributed by atoms with Crippen LogP contribution in [0.4, 0.5) is 0 Å². The van der Waals surface area contributed by atoms with Gasteiger partial charge >= 0.3 is 0 Å². The van der Waals surface area contributed by atoms with Crippen molar-refractivity contribution >= 4 is 0 Å². The quantitative estimate of drug-likeness (QED) is 0.0981. The standard InChI is InChI=1S/C37H60N2.C35H56N2/c1-36(2,3)26-32-9-13-34(14-10-32)28-38(7)21-17-30(18-22-38)25-31-19-23-39(8,24-20-31)29-35-15-11-33(12-16-35)27-37(4,5)6;1-34(2,3)22-28-9-13-30(14-10-28)24-36(7)19-17-32(26-36)21-33-18-20-37(8,27-33)25-31-15-11-29(12-16-31)23-35(4,5)6/h9-16,30-31H,17-29H2,1-8H3;9-16,32-33H,17-27H2,1-8H3/q2*+2. The molecule has 4 aliphatic rings. The second kappa shape index (κ2) is 24.6. The van der Waals surface area contributed by atoms with Crippen molar-refractivity contribution in [2.24, 2.45) is 45.3 Å². The zero-order valence-electron chi connectivity index (χ0n) is 52.3. The van der Waals surface area contributed by atoms with E-state index in [0.717, 1.165) is 49.4 Å². The molecule has 0 aromatic heterocycles. The molecule has 4 aliphatic heterocycles. The number of rotatable bonds is 16. The van der Waals surface area contributed by atoms with Gasteiger partial charge in [0, 0.05) is 46.9 Å². The molecule has 420 valence electrons. The Balaban J connectivity index is 0.000000221. The Morgan fingerprint density at radius 3 is 0.697 bits per heavy atom. The fourth-order valence-corrected chi connectivity index (χ4v) is 14.8. The maximum atomic E-state index is 2.50. The van der Waals surface area contributed by atoms with E-state index in [4.69, 9.17) is 0 Å². The first-order valence-electron chi connectivity index (χ1n) is 31.0. The molecule has 4 atom stereocenters. The number of quaternary nitrogens is 4. The van der Waals surface area contributed by atoms with Crippen LogP contribution in [0.5, 0.6) is 0 Å². The molecule has 4 fully saturated rings. The third-order valence-electron chi connectivity index (χ3n) is 18.5. The van der Waals surface area contributed by atoms with Crippen LogP contribution in [0.25, 0.3) is 0 Å². The number of nitrogens with zero attached hydrogens (tertiary/aromatic N) is 4. The van der Waals surface area contributed by atoms with Gasteiger partial charge in [-0.1, -0.05) is 180 Å². The van der Waals surface area contributed by atoms with E-state index >= 15 is 0 Å². The van der Waals surface area contributed by atoms with Crippen molar-refractivity contribution in [2.45, 2.75) is 186 Å². The topological polar surface area (TPSA) is 0 Å². The van der Waals surface area contributed by atoms with Crippen LogP contribution in [0.1, 0.15) is 179 Å². The Morgan fingerprint density at radius 1 is 0.276 bits per heavy atom. The number of likely N-dealkylation sites (tertiary alicyclic amines) is 4. The van der Waals surface area contributed by atoms with E-state index < -0.39 is 0 Å². The van der Waals surface area contributed by atoms with E-state index in [9.17, 15) is 0 Å². The van der Waals surface area contributed by atoms with Gasteiger partial charge in [0.15, 0.2) is 0 Å². The van der Waals surface area contributed by atoms with Gasteiger partial charge in [0.2, 0.25) is 0 Å². The van der Waals surface area contributed by atoms with Crippen molar-refractivity contribution in [2.75, 3.05) is 80.5 Å². The van der Waals surface area contributed by atoms with Gasteiger partial charge in [-0.15, -0.1) is 0 Å². The SMILES string of the molecule is CC(C)(C)Cc1ccc(C[N+]2(C)CCC(CC3CC[N+](C)(Cc4ccc(CC(C)(C)C)cc4)C3)C2)cc1.CC(C)(C)Cc1ccc(C[N+]2(C)CCC(CC3CC[N+](C)(Cc4ccc(CC(C)(C)C)cc4)CC3)CC2)cc1. The van der Waals surface area contributed by atoms with Gasteiger partial charge < -0.3 is 17.9 Å². The lowest BCUT2D eigenvalue weighted by molar-refractivity contribution is -0.929. The minimum Gasteiger partial charge on any atom is -0.322 e. The summed E-state index contributed by atoms with van der Waals surface area (Å²) in [6.45, 7) is 43.5. The third kappa shape index (κ3) is 20.1. The maximum absolute atomic E-state index is 2.50. The molecule has 4 aromatic carbocycles. The molecule has 4 heterocycles. The van der Waals surface area contributed by atoms with E-state index in [2.05, 4.69) is 208 Å². The van der Waals surface area contributed by atoms with Crippen LogP contribution in [0.3, 0.4) is 0 Å². The third-order valence-corrected chi connectivity index (χ3v) is 18.5. The normalized spacial score (nSPS) is 28.5. The highest BCUT2D eigenvalue weighted by Gasteiger charge is 2.41. The van der Waals surface area contributed by atoms with Crippen molar-refractivity contribution < 1.29 is 17.9 Å². The minimum atomic E-state index is 0.355. The Bertz CT molecular complexity index is 2200. The molecular formula is C72H116N4+4. The van der Waals surface area contributed by atoms with Crippen LogP contribution < -0.4 is 0 Å². The van der Waals surface area contributed by atoms with E-state index in [1.54, 1.807) is 0 Å². The number of piperidine rings is 2. The van der Waals surface area contributed by atoms with Crippen LogP contribution in [0.2, 0.25) is 0 Å². The maximum Gasteiger partial charge on any atom is 0.104 e. The van der Waals surface area contributed by atoms with Gasteiger partial charge in [0.1, 0.15) is 26.2 Å². The fourth-order valence-electron chi connectivity index (χ4n) is 14.8. The lowest BCUT2D eigenvalue weighted by Gasteiger charge is -2.44. The molecule has 4 saturated heterocycles. The molecule has 4 nitrogen and oxygen atoms in total. The number of hydrogen-bond donors (Lipinski definition) is 0. The second-order valence-electron chi connectivity index (χ2n) is 32.7. The molecule has 4 aromatic rings. The minimum absolute atomic E-state index is 0.355. The lowest BCUT2D eigenvalue weighted by Crippen LogP contribution is -2.50. The van der Waals surface area contributed by atoms with Crippen molar-refractivity contribution in [1.29, 1.82) is 0 Å². The Morgan fingerprint density at radius 2 is 0.461 bits per heavy atom. The summed E-state index contributed by atoms with van der Waals surface area (Å²) in [4.78, 5) is 0. The number of hydrogen-bond acceptors (Lipinski definition) is 0. The van der Waals surface area contributed by atoms with E-state index in [1.807, 2.05) is 0 Å². The van der Waals surface area contributed by atoms with Gasteiger partial charge in [0.05, 0.1) is 80.5 Å². The van der Waals surface area contributed by atoms with E-state index in [0.29, 0.717) is 21.7 Å². The highest BCUT2D eigenvalue weighted by Crippen LogP contribution is 2.37. The molecule has 0 amide bonds. The van der Waals surface area contributed by atoms with E-state index in [-0.39, 0.29) is 0 Å². The molecule has 0 saturated carbocycles. The monoisotopic (exact) mass is 1040 g/mol. The van der Waals surface area contributed by atoms with Crippen LogP contribution in [0, 0.1) is 45.3 Å². The van der Waals surface area contributed by atoms with Gasteiger partial charge in [-0.3, -0.25) is 0 Å². The molecule has 76 heavy (non-hydrogen) atoms. The number of benzene rings is 4. The Kier molecular flexibility index (Phi) is 19.5. The first kappa shape index (κ1) is 60.4. The zero-order valence-corrected chi connectivity index (χ0v) is 52.3. The van der Waals surface area contributed by atoms with Gasteiger partial charge in [-0.2, -0.15) is 0 Å². The first-order chi connectivity index (χ1) is 35.4. The molecule has 0 aliphatic carbocycles. The van der Waals surface area contributed by atoms with Crippen molar-refractivity contribution in [3.63, 3.8) is 0 Å². The van der Waals surface area contributed by atoms with Crippen LogP contribution in [-0.4, -0.2) is 98.5 Å². The molecule has 8 rings (SSSR count). The summed E-state index contributed by atoms with van der Waals surface area (Å²) in [5.41, 5.74) is 13.4. The summed E-state index contributed by atoms with van der Waals surface area (Å²) in [5, 5.41) is 0. The molecule has 0 N–H and O–H groups in total. The second-order valence-corrected chi connectivity index (χ2v) is 32.7. The summed E-state index contributed by atoms with van der Waals surface area (Å²) in [7, 11) is 10.00. The van der Waals surface area contributed by atoms with Crippen molar-refractivity contribution in [3.8, 4) is 0 Å². The van der Waals surface area contributed by atoms with Crippen molar-refractivity contribution in [3.05, 3.63) is 142 Å². The van der Waals surface area contributed by atoms with Gasteiger partial charge in [-0.25, -0.2) is 0 Å². The summed E-state index contributed by atoms with van der Waals surface area (Å²) in [6, 6.07) is 38.1. The molecule has 0 bridgehead atoms. The summed E-state index contributed by atoms with van der Waals surface area (Å²) in [5.74, 6) is 3.70. The predicted octanol–water partition coefficient (Wildman–Crippen LogP) is 16.6. The summed E-state index contributed by atoms with van der Waals surface area (Å²) in [6.07, 6.45) is 16.0. The smallest absolute Gasteiger partial charge is 0.104 e. The molecule has 0 radical (unpaired) electrons. The van der Waals surface area contributed by atoms with Crippen LogP contribution >= 0.6 is 0 Å². The summed E-state index contributed by atoms with van der Waals surface area (Å²) < 4.78 is 4.90. The average Bonchev–Trinajstić information content (AvgIpc) is 3.86. The van der Waals surface area contributed by atoms with Gasteiger partial charge in [-0.05, 0) is 120 Å². The Hall–Kier alpha value is -3.28. The molecule has 0 spiro atoms. The van der Waals surface area contributed by atoms with Crippen LogP contribution in [0.15, 0.2) is 97.1 Å². The van der Waals surface area contributed by atoms with Crippen molar-refractivity contribution in [1.82, 2.24) is 0 Å². The highest BCUT2D eigenvalue weighted by atomic mass is 15.4. The zero-order chi connectivity index (χ0) is 55.2. The molecular weight excluding hydrogens is 921 g/mol. The lowest BCUT2D eigenvalue weighted by atomic mass is 9.81. The molecule has 4 heteroatoms.